The number of amides is 2. The highest BCUT2D eigenvalue weighted by atomic mass is 16.6. The van der Waals surface area contributed by atoms with E-state index < -0.39 is 17.7 Å². The molecule has 4 bridgehead atoms. The molecule has 1 heterocycles. The van der Waals surface area contributed by atoms with E-state index in [1.807, 2.05) is 52.0 Å². The fourth-order valence-electron chi connectivity index (χ4n) is 3.97. The monoisotopic (exact) mass is 483 g/mol. The van der Waals surface area contributed by atoms with E-state index in [9.17, 15) is 9.59 Å². The molecule has 0 spiro atoms. The molecule has 1 aliphatic heterocycles. The maximum atomic E-state index is 12.8. The molecule has 1 aliphatic rings. The summed E-state index contributed by atoms with van der Waals surface area (Å²) in [7, 11) is 1.77. The van der Waals surface area contributed by atoms with E-state index in [0.717, 1.165) is 40.8 Å². The number of hydrogen-bond donors (Lipinski definition) is 3. The van der Waals surface area contributed by atoms with Crippen LogP contribution < -0.4 is 25.4 Å². The maximum absolute atomic E-state index is 12.8. The molecule has 8 heteroatoms. The number of hydrogen-bond acceptors (Lipinski definition) is 6. The van der Waals surface area contributed by atoms with Crippen LogP contribution in [-0.4, -0.2) is 51.0 Å². The van der Waals surface area contributed by atoms with Crippen molar-refractivity contribution < 1.29 is 23.8 Å². The summed E-state index contributed by atoms with van der Waals surface area (Å²) in [5, 5.41) is 8.86. The second-order valence-corrected chi connectivity index (χ2v) is 9.41. The van der Waals surface area contributed by atoms with Gasteiger partial charge in [0.05, 0.1) is 13.2 Å². The first-order chi connectivity index (χ1) is 16.7. The average molecular weight is 484 g/mol. The largest absolute Gasteiger partial charge is 0.493 e. The van der Waals surface area contributed by atoms with Crippen LogP contribution in [0.2, 0.25) is 0 Å². The fraction of sp³-hybridized carbons (Fsp3) is 0.481. The number of carbonyl (C=O) groups is 2. The molecule has 0 saturated heterocycles. The summed E-state index contributed by atoms with van der Waals surface area (Å²) < 4.78 is 17.3. The van der Waals surface area contributed by atoms with Crippen molar-refractivity contribution >= 4 is 12.0 Å². The van der Waals surface area contributed by atoms with Crippen molar-refractivity contribution in [1.29, 1.82) is 0 Å². The summed E-state index contributed by atoms with van der Waals surface area (Å²) in [5.74, 6) is 1.33. The van der Waals surface area contributed by atoms with Crippen molar-refractivity contribution in [3.05, 3.63) is 47.5 Å². The SMILES string of the molecule is CCOc1ccc2cc1-c1cc(ccc1OCCNC(=O)OC(C)(C)C)C(NC)C(=O)NCCC2. The topological polar surface area (TPSA) is 97.9 Å². The Hall–Kier alpha value is -3.26. The number of aryl methyl sites for hydroxylation is 1. The molecule has 3 rings (SSSR count). The van der Waals surface area contributed by atoms with E-state index in [1.54, 1.807) is 7.05 Å². The molecule has 2 aromatic rings. The van der Waals surface area contributed by atoms with Crippen molar-refractivity contribution in [3.63, 3.8) is 0 Å². The zero-order chi connectivity index (χ0) is 25.4. The normalized spacial score (nSPS) is 15.8. The number of benzene rings is 2. The predicted molar refractivity (Wildman–Crippen MR) is 136 cm³/mol. The van der Waals surface area contributed by atoms with E-state index in [0.29, 0.717) is 18.9 Å². The zero-order valence-electron chi connectivity index (χ0n) is 21.3. The number of likely N-dealkylation sites (N-methyl/N-ethyl adjacent to an activating group) is 1. The number of alkyl carbamates (subject to hydrolysis) is 1. The van der Waals surface area contributed by atoms with Crippen LogP contribution >= 0.6 is 0 Å². The smallest absolute Gasteiger partial charge is 0.407 e. The lowest BCUT2D eigenvalue weighted by molar-refractivity contribution is -0.123. The molecular formula is C27H37N3O5. The predicted octanol–water partition coefficient (Wildman–Crippen LogP) is 3.98. The van der Waals surface area contributed by atoms with Crippen molar-refractivity contribution in [2.24, 2.45) is 0 Å². The van der Waals surface area contributed by atoms with Gasteiger partial charge >= 0.3 is 6.09 Å². The number of ether oxygens (including phenoxy) is 3. The zero-order valence-corrected chi connectivity index (χ0v) is 21.3. The van der Waals surface area contributed by atoms with Gasteiger partial charge in [-0.1, -0.05) is 12.1 Å². The molecule has 8 nitrogen and oxygen atoms in total. The van der Waals surface area contributed by atoms with Crippen molar-refractivity contribution in [3.8, 4) is 22.6 Å². The molecule has 35 heavy (non-hydrogen) atoms. The standard InChI is InChI=1S/C27H37N3O5/c1-6-33-22-11-9-18-8-7-13-29-25(31)24(28-5)19-10-12-23(21(17-19)20(22)16-18)34-15-14-30-26(32)35-27(2,3)4/h9-12,16-17,24,28H,6-8,13-15H2,1-5H3,(H,29,31)(H,30,32). The molecule has 0 aliphatic carbocycles. The van der Waals surface area contributed by atoms with Gasteiger partial charge in [-0.05, 0) is 83.0 Å². The minimum atomic E-state index is -0.562. The average Bonchev–Trinajstić information content (AvgIpc) is 2.80. The van der Waals surface area contributed by atoms with E-state index in [1.165, 1.54) is 0 Å². The molecule has 1 unspecified atom stereocenters. The molecule has 2 aromatic carbocycles. The van der Waals surface area contributed by atoms with Crippen LogP contribution in [0.1, 0.15) is 51.3 Å². The first kappa shape index (κ1) is 26.3. The Morgan fingerprint density at radius 3 is 2.51 bits per heavy atom. The van der Waals surface area contributed by atoms with Gasteiger partial charge in [0.1, 0.15) is 29.7 Å². The molecule has 0 fully saturated rings. The van der Waals surface area contributed by atoms with Gasteiger partial charge in [0.25, 0.3) is 0 Å². The van der Waals surface area contributed by atoms with Crippen LogP contribution in [0.3, 0.4) is 0 Å². The summed E-state index contributed by atoms with van der Waals surface area (Å²) in [4.78, 5) is 24.8. The molecule has 0 saturated carbocycles. The third kappa shape index (κ3) is 7.36. The number of nitrogens with one attached hydrogen (secondary N) is 3. The van der Waals surface area contributed by atoms with E-state index >= 15 is 0 Å². The quantitative estimate of drug-likeness (QED) is 0.516. The third-order valence-electron chi connectivity index (χ3n) is 5.49. The van der Waals surface area contributed by atoms with Gasteiger partial charge in [0, 0.05) is 17.7 Å². The van der Waals surface area contributed by atoms with Crippen molar-refractivity contribution in [2.75, 3.05) is 33.4 Å². The van der Waals surface area contributed by atoms with Crippen LogP contribution in [0.5, 0.6) is 11.5 Å². The van der Waals surface area contributed by atoms with E-state index in [2.05, 4.69) is 28.1 Å². The maximum Gasteiger partial charge on any atom is 0.407 e. The molecule has 190 valence electrons. The van der Waals surface area contributed by atoms with E-state index in [4.69, 9.17) is 14.2 Å². The Balaban J connectivity index is 1.93. The van der Waals surface area contributed by atoms with Crippen LogP contribution in [-0.2, 0) is 16.0 Å². The minimum absolute atomic E-state index is 0.0667. The van der Waals surface area contributed by atoms with Gasteiger partial charge in [-0.15, -0.1) is 0 Å². The number of carbonyl (C=O) groups excluding carboxylic acids is 2. The Labute approximate surface area is 207 Å². The molecule has 3 N–H and O–H groups in total. The van der Waals surface area contributed by atoms with Gasteiger partial charge in [-0.3, -0.25) is 4.79 Å². The first-order valence-corrected chi connectivity index (χ1v) is 12.2. The van der Waals surface area contributed by atoms with Gasteiger partial charge in [-0.25, -0.2) is 4.79 Å². The second kappa shape index (κ2) is 11.9. The van der Waals surface area contributed by atoms with Gasteiger partial charge in [0.2, 0.25) is 5.91 Å². The minimum Gasteiger partial charge on any atom is -0.493 e. The van der Waals surface area contributed by atoms with Crippen LogP contribution in [0.4, 0.5) is 4.79 Å². The Bertz CT molecular complexity index is 1030. The Morgan fingerprint density at radius 2 is 1.80 bits per heavy atom. The highest BCUT2D eigenvalue weighted by Crippen LogP contribution is 2.39. The van der Waals surface area contributed by atoms with Gasteiger partial charge < -0.3 is 30.2 Å². The lowest BCUT2D eigenvalue weighted by atomic mass is 9.94. The van der Waals surface area contributed by atoms with Crippen LogP contribution in [0.15, 0.2) is 36.4 Å². The van der Waals surface area contributed by atoms with Crippen molar-refractivity contribution in [2.45, 2.75) is 52.2 Å². The van der Waals surface area contributed by atoms with Crippen LogP contribution in [0.25, 0.3) is 11.1 Å². The molecular weight excluding hydrogens is 446 g/mol. The Morgan fingerprint density at radius 1 is 1.09 bits per heavy atom. The fourth-order valence-corrected chi connectivity index (χ4v) is 3.97. The summed E-state index contributed by atoms with van der Waals surface area (Å²) in [6.45, 7) is 9.09. The summed E-state index contributed by atoms with van der Waals surface area (Å²) in [6, 6.07) is 11.4. The Kier molecular flexibility index (Phi) is 8.98. The molecule has 0 radical (unpaired) electrons. The summed E-state index contributed by atoms with van der Waals surface area (Å²) >= 11 is 0. The number of rotatable bonds is 7. The molecule has 0 aromatic heterocycles. The number of fused-ring (bicyclic) bond motifs is 5. The second-order valence-electron chi connectivity index (χ2n) is 9.41. The molecule has 1 atom stereocenters. The summed E-state index contributed by atoms with van der Waals surface area (Å²) in [6.07, 6.45) is 1.18. The van der Waals surface area contributed by atoms with E-state index in [-0.39, 0.29) is 19.1 Å². The first-order valence-electron chi connectivity index (χ1n) is 12.2. The lowest BCUT2D eigenvalue weighted by Crippen LogP contribution is -2.36. The third-order valence-corrected chi connectivity index (χ3v) is 5.49. The molecule has 2 amide bonds. The highest BCUT2D eigenvalue weighted by Gasteiger charge is 2.22. The van der Waals surface area contributed by atoms with Crippen LogP contribution in [0, 0.1) is 0 Å². The van der Waals surface area contributed by atoms with Gasteiger partial charge in [-0.2, -0.15) is 0 Å². The van der Waals surface area contributed by atoms with Gasteiger partial charge in [0.15, 0.2) is 0 Å². The highest BCUT2D eigenvalue weighted by molar-refractivity contribution is 5.85. The van der Waals surface area contributed by atoms with Crippen molar-refractivity contribution in [1.82, 2.24) is 16.0 Å². The summed E-state index contributed by atoms with van der Waals surface area (Å²) in [5.41, 5.74) is 3.17. The lowest BCUT2D eigenvalue weighted by Gasteiger charge is -2.22.